The van der Waals surface area contributed by atoms with Crippen molar-refractivity contribution in [3.05, 3.63) is 92.1 Å². The van der Waals surface area contributed by atoms with Crippen molar-refractivity contribution in [2.24, 2.45) is 0 Å². The lowest BCUT2D eigenvalue weighted by atomic mass is 9.99. The zero-order valence-corrected chi connectivity index (χ0v) is 15.7. The van der Waals surface area contributed by atoms with Crippen molar-refractivity contribution in [2.75, 3.05) is 0 Å². The van der Waals surface area contributed by atoms with Crippen molar-refractivity contribution in [3.63, 3.8) is 0 Å². The summed E-state index contributed by atoms with van der Waals surface area (Å²) in [5.41, 5.74) is -0.243. The molecule has 4 rings (SSSR count). The minimum Gasteiger partial charge on any atom is -0.507 e. The topological polar surface area (TPSA) is 114 Å². The minimum atomic E-state index is -0.848. The number of likely N-dealkylation sites (tertiary alicyclic amines) is 1. The second kappa shape index (κ2) is 7.36. The third-order valence-corrected chi connectivity index (χ3v) is 5.51. The van der Waals surface area contributed by atoms with Gasteiger partial charge in [-0.15, -0.1) is 11.3 Å². The first-order valence-electron chi connectivity index (χ1n) is 8.56. The number of ketones is 1. The van der Waals surface area contributed by atoms with Crippen molar-refractivity contribution in [1.29, 1.82) is 0 Å². The van der Waals surface area contributed by atoms with Crippen molar-refractivity contribution in [2.45, 2.75) is 12.6 Å². The van der Waals surface area contributed by atoms with Crippen LogP contribution in [0.5, 0.6) is 0 Å². The normalized spacial score (nSPS) is 18.3. The Morgan fingerprint density at radius 3 is 2.69 bits per heavy atom. The predicted molar refractivity (Wildman–Crippen MR) is 104 cm³/mol. The number of nitrogens with zero attached hydrogens (tertiary/aromatic N) is 2. The van der Waals surface area contributed by atoms with E-state index in [1.165, 1.54) is 46.8 Å². The SMILES string of the molecule is O=C1C(=O)N(Cc2ccco2)[C@H](c2cccs2)C1=C(O)c1cccc([N+](=O)[O-])c1. The van der Waals surface area contributed by atoms with Gasteiger partial charge >= 0.3 is 0 Å². The molecule has 1 fully saturated rings. The first-order valence-corrected chi connectivity index (χ1v) is 9.44. The molecule has 3 aromatic rings. The van der Waals surface area contributed by atoms with Crippen LogP contribution in [-0.2, 0) is 16.1 Å². The number of hydrogen-bond acceptors (Lipinski definition) is 7. The molecule has 1 atom stereocenters. The van der Waals surface area contributed by atoms with E-state index in [4.69, 9.17) is 4.42 Å². The van der Waals surface area contributed by atoms with Gasteiger partial charge in [0.1, 0.15) is 17.6 Å². The molecule has 9 heteroatoms. The van der Waals surface area contributed by atoms with Crippen LogP contribution in [0, 0.1) is 10.1 Å². The van der Waals surface area contributed by atoms with Crippen LogP contribution in [0.3, 0.4) is 0 Å². The number of thiophene rings is 1. The van der Waals surface area contributed by atoms with Crippen LogP contribution in [0.25, 0.3) is 5.76 Å². The number of aliphatic hydroxyl groups is 1. The van der Waals surface area contributed by atoms with Crippen LogP contribution >= 0.6 is 11.3 Å². The van der Waals surface area contributed by atoms with Gasteiger partial charge in [0.05, 0.1) is 23.3 Å². The predicted octanol–water partition coefficient (Wildman–Crippen LogP) is 3.87. The average Bonchev–Trinajstić information content (AvgIpc) is 3.46. The lowest BCUT2D eigenvalue weighted by Gasteiger charge is -2.23. The van der Waals surface area contributed by atoms with E-state index < -0.39 is 28.4 Å². The van der Waals surface area contributed by atoms with Crippen molar-refractivity contribution >= 4 is 34.5 Å². The Kier molecular flexibility index (Phi) is 4.73. The molecule has 1 saturated heterocycles. The van der Waals surface area contributed by atoms with E-state index in [1.807, 2.05) is 0 Å². The number of hydrogen-bond donors (Lipinski definition) is 1. The lowest BCUT2D eigenvalue weighted by molar-refractivity contribution is -0.384. The Balaban J connectivity index is 1.85. The molecule has 0 unspecified atom stereocenters. The van der Waals surface area contributed by atoms with Gasteiger partial charge in [0.2, 0.25) is 0 Å². The zero-order valence-electron chi connectivity index (χ0n) is 14.8. The first-order chi connectivity index (χ1) is 14.0. The van der Waals surface area contributed by atoms with Crippen molar-refractivity contribution < 1.29 is 24.0 Å². The van der Waals surface area contributed by atoms with E-state index in [0.717, 1.165) is 0 Å². The molecule has 0 saturated carbocycles. The Morgan fingerprint density at radius 2 is 2.03 bits per heavy atom. The van der Waals surface area contributed by atoms with Gasteiger partial charge in [-0.25, -0.2) is 0 Å². The van der Waals surface area contributed by atoms with Gasteiger partial charge in [-0.2, -0.15) is 0 Å². The number of furan rings is 1. The van der Waals surface area contributed by atoms with Gasteiger partial charge in [0.15, 0.2) is 0 Å². The summed E-state index contributed by atoms with van der Waals surface area (Å²) in [6.07, 6.45) is 1.47. The summed E-state index contributed by atoms with van der Waals surface area (Å²) >= 11 is 1.33. The molecular weight excluding hydrogens is 396 g/mol. The summed E-state index contributed by atoms with van der Waals surface area (Å²) in [5, 5.41) is 23.7. The Morgan fingerprint density at radius 1 is 1.21 bits per heavy atom. The second-order valence-corrected chi connectivity index (χ2v) is 7.31. The highest BCUT2D eigenvalue weighted by atomic mass is 32.1. The monoisotopic (exact) mass is 410 g/mol. The smallest absolute Gasteiger partial charge is 0.296 e. The number of rotatable bonds is 5. The summed E-state index contributed by atoms with van der Waals surface area (Å²) < 4.78 is 5.31. The number of non-ortho nitro benzene ring substituents is 1. The molecule has 146 valence electrons. The highest BCUT2D eigenvalue weighted by molar-refractivity contribution is 7.10. The molecule has 0 radical (unpaired) electrons. The molecule has 1 N–H and O–H groups in total. The number of Topliss-reactive ketones (excluding diaryl/α,β-unsaturated/α-hetero) is 1. The summed E-state index contributed by atoms with van der Waals surface area (Å²) in [5.74, 6) is -1.58. The number of nitro groups is 1. The molecule has 29 heavy (non-hydrogen) atoms. The van der Waals surface area contributed by atoms with Crippen LogP contribution < -0.4 is 0 Å². The standard InChI is InChI=1S/C20H14N2O6S/c23-18(12-4-1-5-13(10-12)22(26)27)16-17(15-7-3-9-29-15)21(20(25)19(16)24)11-14-6-2-8-28-14/h1-10,17,23H,11H2/t17-/m1/s1. The zero-order chi connectivity index (χ0) is 20.5. The number of amides is 1. The molecule has 1 aliphatic rings. The summed E-state index contributed by atoms with van der Waals surface area (Å²) in [6, 6.07) is 11.4. The fourth-order valence-corrected chi connectivity index (χ4v) is 4.12. The maximum absolute atomic E-state index is 12.8. The Hall–Kier alpha value is -3.72. The van der Waals surface area contributed by atoms with E-state index in [1.54, 1.807) is 29.6 Å². The molecule has 2 aromatic heterocycles. The van der Waals surface area contributed by atoms with Gasteiger partial charge in [-0.05, 0) is 23.6 Å². The van der Waals surface area contributed by atoms with Crippen LogP contribution in [0.15, 0.2) is 70.2 Å². The number of carbonyl (C=O) groups is 2. The van der Waals surface area contributed by atoms with Gasteiger partial charge in [0, 0.05) is 22.6 Å². The molecule has 3 heterocycles. The number of benzene rings is 1. The van der Waals surface area contributed by atoms with Gasteiger partial charge in [-0.1, -0.05) is 18.2 Å². The van der Waals surface area contributed by atoms with Gasteiger partial charge in [0.25, 0.3) is 17.4 Å². The van der Waals surface area contributed by atoms with Crippen molar-refractivity contribution in [3.8, 4) is 0 Å². The van der Waals surface area contributed by atoms with Crippen LogP contribution in [0.1, 0.15) is 22.2 Å². The third kappa shape index (κ3) is 3.32. The largest absolute Gasteiger partial charge is 0.507 e. The summed E-state index contributed by atoms with van der Waals surface area (Å²) in [7, 11) is 0. The van der Waals surface area contributed by atoms with E-state index in [-0.39, 0.29) is 23.4 Å². The highest BCUT2D eigenvalue weighted by Gasteiger charge is 2.46. The molecule has 1 amide bonds. The summed E-state index contributed by atoms with van der Waals surface area (Å²) in [4.78, 5) is 38.0. The number of nitro benzene ring substituents is 1. The van der Waals surface area contributed by atoms with Crippen molar-refractivity contribution in [1.82, 2.24) is 4.90 Å². The summed E-state index contributed by atoms with van der Waals surface area (Å²) in [6.45, 7) is 0.0475. The quantitative estimate of drug-likeness (QED) is 0.225. The van der Waals surface area contributed by atoms with Crippen LogP contribution in [0.2, 0.25) is 0 Å². The second-order valence-electron chi connectivity index (χ2n) is 6.33. The van der Waals surface area contributed by atoms with E-state index >= 15 is 0 Å². The van der Waals surface area contributed by atoms with Gasteiger partial charge in [-0.3, -0.25) is 19.7 Å². The number of carbonyl (C=O) groups excluding carboxylic acids is 2. The molecule has 1 aromatic carbocycles. The van der Waals surface area contributed by atoms with Crippen LogP contribution in [-0.4, -0.2) is 26.6 Å². The molecule has 1 aliphatic heterocycles. The Labute approximate surface area is 168 Å². The highest BCUT2D eigenvalue weighted by Crippen LogP contribution is 2.42. The van der Waals surface area contributed by atoms with Gasteiger partial charge < -0.3 is 14.4 Å². The lowest BCUT2D eigenvalue weighted by Crippen LogP contribution is -2.28. The fourth-order valence-electron chi connectivity index (χ4n) is 3.28. The molecule has 0 bridgehead atoms. The van der Waals surface area contributed by atoms with E-state index in [0.29, 0.717) is 10.6 Å². The van der Waals surface area contributed by atoms with Crippen LogP contribution in [0.4, 0.5) is 5.69 Å². The first kappa shape index (κ1) is 18.6. The van der Waals surface area contributed by atoms with E-state index in [9.17, 15) is 24.8 Å². The Bertz CT molecular complexity index is 1120. The number of aliphatic hydroxyl groups excluding tert-OH is 1. The molecule has 8 nitrogen and oxygen atoms in total. The minimum absolute atomic E-state index is 0.0475. The fraction of sp³-hybridized carbons (Fsp3) is 0.100. The van der Waals surface area contributed by atoms with E-state index in [2.05, 4.69) is 0 Å². The molecular formula is C20H14N2O6S. The maximum atomic E-state index is 12.8. The molecule has 0 spiro atoms. The average molecular weight is 410 g/mol. The maximum Gasteiger partial charge on any atom is 0.296 e. The molecule has 0 aliphatic carbocycles. The third-order valence-electron chi connectivity index (χ3n) is 4.59.